The fourth-order valence-corrected chi connectivity index (χ4v) is 4.14. The molecule has 0 spiro atoms. The fourth-order valence-electron chi connectivity index (χ4n) is 4.14. The lowest BCUT2D eigenvalue weighted by atomic mass is 10.0. The molecule has 3 rings (SSSR count). The first-order chi connectivity index (χ1) is 18.2. The van der Waals surface area contributed by atoms with E-state index in [1.165, 1.54) is 57.1 Å². The molecule has 0 radical (unpaired) electrons. The number of nitrogens with zero attached hydrogens (tertiary/aromatic N) is 2. The third-order valence-corrected chi connectivity index (χ3v) is 6.33. The van der Waals surface area contributed by atoms with E-state index in [1.54, 1.807) is 12.1 Å². The van der Waals surface area contributed by atoms with Crippen molar-refractivity contribution in [2.75, 3.05) is 13.2 Å². The highest BCUT2D eigenvalue weighted by Gasteiger charge is 2.04. The van der Waals surface area contributed by atoms with Crippen LogP contribution in [0.15, 0.2) is 72.8 Å². The molecule has 0 saturated carbocycles. The van der Waals surface area contributed by atoms with Crippen LogP contribution < -0.4 is 9.47 Å². The van der Waals surface area contributed by atoms with Gasteiger partial charge in [0.1, 0.15) is 11.5 Å². The highest BCUT2D eigenvalue weighted by Crippen LogP contribution is 2.23. The Morgan fingerprint density at radius 3 is 1.38 bits per heavy atom. The quantitative estimate of drug-likeness (QED) is 0.105. The van der Waals surface area contributed by atoms with Gasteiger partial charge in [0.15, 0.2) is 0 Å². The minimum Gasteiger partial charge on any atom is -0.494 e. The van der Waals surface area contributed by atoms with Gasteiger partial charge in [0, 0.05) is 12.1 Å². The average molecular weight is 501 g/mol. The summed E-state index contributed by atoms with van der Waals surface area (Å²) in [5, 5.41) is 19.6. The number of nitriles is 1. The molecular weight excluding hydrogens is 464 g/mol. The molecule has 6 heteroatoms. The molecule has 0 aliphatic carbocycles. The van der Waals surface area contributed by atoms with Gasteiger partial charge in [-0.3, -0.25) is 10.1 Å². The first-order valence-electron chi connectivity index (χ1n) is 13.3. The Bertz CT molecular complexity index is 1100. The van der Waals surface area contributed by atoms with Crippen LogP contribution in [0.3, 0.4) is 0 Å². The van der Waals surface area contributed by atoms with Crippen molar-refractivity contribution in [1.29, 1.82) is 5.26 Å². The van der Waals surface area contributed by atoms with Gasteiger partial charge in [-0.15, -0.1) is 0 Å². The summed E-state index contributed by atoms with van der Waals surface area (Å²) in [5.74, 6) is 1.59. The lowest BCUT2D eigenvalue weighted by Gasteiger charge is -2.08. The molecule has 0 N–H and O–H groups in total. The molecule has 3 aromatic carbocycles. The molecule has 0 saturated heterocycles. The summed E-state index contributed by atoms with van der Waals surface area (Å²) in [6, 6.07) is 24.1. The van der Waals surface area contributed by atoms with Crippen molar-refractivity contribution in [3.63, 3.8) is 0 Å². The van der Waals surface area contributed by atoms with Crippen LogP contribution in [-0.2, 0) is 0 Å². The Kier molecular flexibility index (Phi) is 12.0. The molecule has 0 bridgehead atoms. The van der Waals surface area contributed by atoms with E-state index in [1.807, 2.05) is 36.4 Å². The van der Waals surface area contributed by atoms with Crippen molar-refractivity contribution in [1.82, 2.24) is 0 Å². The largest absolute Gasteiger partial charge is 0.494 e. The third-order valence-electron chi connectivity index (χ3n) is 6.33. The first kappa shape index (κ1) is 27.7. The van der Waals surface area contributed by atoms with Crippen LogP contribution in [0.1, 0.15) is 69.8 Å². The number of hydrogen-bond acceptors (Lipinski definition) is 5. The molecule has 0 aliphatic rings. The molecule has 6 nitrogen and oxygen atoms in total. The van der Waals surface area contributed by atoms with Gasteiger partial charge in [0.05, 0.1) is 29.8 Å². The summed E-state index contributed by atoms with van der Waals surface area (Å²) in [6.45, 7) is 1.40. The molecule has 0 atom stereocenters. The molecular formula is C31H36N2O4. The standard InChI is InChI=1S/C31H36N2O4/c32-25-26-11-13-27(14-12-26)28-15-19-30(20-16-28)36-23-9-7-5-3-1-2-4-6-8-10-24-37-31-21-17-29(18-22-31)33(34)35/h11-22H,1-10,23-24H2. The van der Waals surface area contributed by atoms with Crippen molar-refractivity contribution < 1.29 is 14.4 Å². The topological polar surface area (TPSA) is 85.4 Å². The van der Waals surface area contributed by atoms with Gasteiger partial charge in [-0.25, -0.2) is 0 Å². The van der Waals surface area contributed by atoms with Gasteiger partial charge in [-0.1, -0.05) is 75.6 Å². The number of non-ortho nitro benzene ring substituents is 1. The monoisotopic (exact) mass is 500 g/mol. The summed E-state index contributed by atoms with van der Waals surface area (Å²) in [6.07, 6.45) is 12.0. The van der Waals surface area contributed by atoms with Crippen LogP contribution in [0.4, 0.5) is 5.69 Å². The molecule has 3 aromatic rings. The van der Waals surface area contributed by atoms with Crippen LogP contribution in [0.5, 0.6) is 11.5 Å². The van der Waals surface area contributed by atoms with Crippen molar-refractivity contribution in [3.8, 4) is 28.7 Å². The van der Waals surface area contributed by atoms with E-state index in [2.05, 4.69) is 18.2 Å². The second kappa shape index (κ2) is 16.0. The predicted octanol–water partition coefficient (Wildman–Crippen LogP) is 8.49. The highest BCUT2D eigenvalue weighted by atomic mass is 16.6. The zero-order chi connectivity index (χ0) is 26.1. The van der Waals surface area contributed by atoms with Crippen LogP contribution in [0.2, 0.25) is 0 Å². The minimum atomic E-state index is -0.402. The SMILES string of the molecule is N#Cc1ccc(-c2ccc(OCCCCCCCCCCCCOc3ccc([N+](=O)[O-])cc3)cc2)cc1. The maximum atomic E-state index is 10.7. The molecule has 0 aromatic heterocycles. The fraction of sp³-hybridized carbons (Fsp3) is 0.387. The van der Waals surface area contributed by atoms with Crippen molar-refractivity contribution >= 4 is 5.69 Å². The lowest BCUT2D eigenvalue weighted by molar-refractivity contribution is -0.384. The molecule has 0 aliphatic heterocycles. The zero-order valence-corrected chi connectivity index (χ0v) is 21.4. The van der Waals surface area contributed by atoms with Gasteiger partial charge >= 0.3 is 0 Å². The van der Waals surface area contributed by atoms with Crippen LogP contribution in [-0.4, -0.2) is 18.1 Å². The van der Waals surface area contributed by atoms with E-state index in [9.17, 15) is 10.1 Å². The van der Waals surface area contributed by atoms with Crippen LogP contribution in [0.25, 0.3) is 11.1 Å². The van der Waals surface area contributed by atoms with Crippen molar-refractivity contribution in [3.05, 3.63) is 88.5 Å². The minimum absolute atomic E-state index is 0.0870. The summed E-state index contributed by atoms with van der Waals surface area (Å²) in [7, 11) is 0. The maximum absolute atomic E-state index is 10.7. The molecule has 0 heterocycles. The Balaban J connectivity index is 1.12. The summed E-state index contributed by atoms with van der Waals surface area (Å²) in [5.41, 5.74) is 2.97. The Morgan fingerprint density at radius 2 is 0.973 bits per heavy atom. The summed E-state index contributed by atoms with van der Waals surface area (Å²) < 4.78 is 11.5. The van der Waals surface area contributed by atoms with E-state index < -0.39 is 4.92 Å². The average Bonchev–Trinajstić information content (AvgIpc) is 2.94. The van der Waals surface area contributed by atoms with E-state index in [0.717, 1.165) is 42.7 Å². The van der Waals surface area contributed by atoms with Crippen molar-refractivity contribution in [2.24, 2.45) is 0 Å². The molecule has 194 valence electrons. The van der Waals surface area contributed by atoms with E-state index in [-0.39, 0.29) is 5.69 Å². The normalized spacial score (nSPS) is 10.6. The van der Waals surface area contributed by atoms with Gasteiger partial charge in [-0.2, -0.15) is 5.26 Å². The van der Waals surface area contributed by atoms with Crippen LogP contribution >= 0.6 is 0 Å². The number of benzene rings is 3. The smallest absolute Gasteiger partial charge is 0.269 e. The summed E-state index contributed by atoms with van der Waals surface area (Å²) >= 11 is 0. The second-order valence-corrected chi connectivity index (χ2v) is 9.20. The number of nitro groups is 1. The highest BCUT2D eigenvalue weighted by molar-refractivity contribution is 5.64. The maximum Gasteiger partial charge on any atom is 0.269 e. The van der Waals surface area contributed by atoms with Crippen molar-refractivity contribution in [2.45, 2.75) is 64.2 Å². The number of ether oxygens (including phenoxy) is 2. The summed E-state index contributed by atoms with van der Waals surface area (Å²) in [4.78, 5) is 10.3. The molecule has 0 fully saturated rings. The zero-order valence-electron chi connectivity index (χ0n) is 21.4. The number of hydrogen-bond donors (Lipinski definition) is 0. The van der Waals surface area contributed by atoms with Gasteiger partial charge in [0.2, 0.25) is 0 Å². The van der Waals surface area contributed by atoms with E-state index in [0.29, 0.717) is 17.9 Å². The second-order valence-electron chi connectivity index (χ2n) is 9.20. The lowest BCUT2D eigenvalue weighted by Crippen LogP contribution is -1.97. The van der Waals surface area contributed by atoms with E-state index in [4.69, 9.17) is 14.7 Å². The van der Waals surface area contributed by atoms with E-state index >= 15 is 0 Å². The number of nitro benzene ring substituents is 1. The third kappa shape index (κ3) is 10.3. The Hall–Kier alpha value is -3.85. The molecule has 0 amide bonds. The molecule has 37 heavy (non-hydrogen) atoms. The van der Waals surface area contributed by atoms with Gasteiger partial charge in [-0.05, 0) is 60.4 Å². The number of rotatable bonds is 17. The predicted molar refractivity (Wildman–Crippen MR) is 147 cm³/mol. The van der Waals surface area contributed by atoms with Crippen LogP contribution in [0, 0.1) is 21.4 Å². The Morgan fingerprint density at radius 1 is 0.595 bits per heavy atom. The first-order valence-corrected chi connectivity index (χ1v) is 13.3. The van der Waals surface area contributed by atoms with Gasteiger partial charge < -0.3 is 9.47 Å². The van der Waals surface area contributed by atoms with Gasteiger partial charge in [0.25, 0.3) is 5.69 Å². The Labute approximate surface area is 220 Å². The molecule has 0 unspecified atom stereocenters. The number of unbranched alkanes of at least 4 members (excludes halogenated alkanes) is 9.